The summed E-state index contributed by atoms with van der Waals surface area (Å²) in [6.45, 7) is 5.74. The molecule has 0 aliphatic carbocycles. The lowest BCUT2D eigenvalue weighted by Gasteiger charge is -2.32. The first-order chi connectivity index (χ1) is 10.2. The van der Waals surface area contributed by atoms with Crippen molar-refractivity contribution in [2.45, 2.75) is 32.2 Å². The number of piperidine rings is 1. The minimum Gasteiger partial charge on any atom is -0.322 e. The van der Waals surface area contributed by atoms with E-state index in [1.807, 2.05) is 0 Å². The lowest BCUT2D eigenvalue weighted by molar-refractivity contribution is -0.115. The highest BCUT2D eigenvalue weighted by molar-refractivity contribution is 5.92. The van der Waals surface area contributed by atoms with E-state index in [-0.39, 0.29) is 18.1 Å². The van der Waals surface area contributed by atoms with Crippen LogP contribution in [0.3, 0.4) is 0 Å². The molecule has 1 aromatic carbocycles. The summed E-state index contributed by atoms with van der Waals surface area (Å²) in [6, 6.07) is 6.59. The van der Waals surface area contributed by atoms with E-state index in [0.717, 1.165) is 32.5 Å². The number of benzene rings is 1. The second-order valence-electron chi connectivity index (χ2n) is 5.52. The number of rotatable bonds is 6. The molecule has 116 valence electrons. The van der Waals surface area contributed by atoms with Crippen molar-refractivity contribution >= 4 is 11.6 Å². The number of carbonyl (C=O) groups excluding carboxylic acids is 1. The molecule has 1 saturated heterocycles. The molecule has 1 fully saturated rings. The van der Waals surface area contributed by atoms with Gasteiger partial charge >= 0.3 is 0 Å². The van der Waals surface area contributed by atoms with Crippen molar-refractivity contribution in [3.63, 3.8) is 0 Å². The summed E-state index contributed by atoms with van der Waals surface area (Å²) in [5.41, 5.74) is 0.238. The van der Waals surface area contributed by atoms with Crippen LogP contribution in [0, 0.1) is 5.82 Å². The predicted octanol–water partition coefficient (Wildman–Crippen LogP) is 2.23. The highest BCUT2D eigenvalue weighted by Crippen LogP contribution is 2.12. The van der Waals surface area contributed by atoms with Gasteiger partial charge in [0, 0.05) is 6.04 Å². The summed E-state index contributed by atoms with van der Waals surface area (Å²) in [5, 5.41) is 5.85. The standard InChI is InChI=1S/C16H24FN3O/c1-2-9-20-10-7-13(8-11-20)18-12-16(21)19-15-6-4-3-5-14(15)17/h3-6,13,18H,2,7-12H2,1H3,(H,19,21). The van der Waals surface area contributed by atoms with Crippen LogP contribution in [0.25, 0.3) is 0 Å². The molecule has 5 heteroatoms. The first kappa shape index (κ1) is 15.9. The molecule has 1 heterocycles. The number of anilines is 1. The van der Waals surface area contributed by atoms with Crippen molar-refractivity contribution in [3.8, 4) is 0 Å². The van der Waals surface area contributed by atoms with Gasteiger partial charge in [0.05, 0.1) is 12.2 Å². The SMILES string of the molecule is CCCN1CCC(NCC(=O)Nc2ccccc2F)CC1. The van der Waals surface area contributed by atoms with Gasteiger partial charge in [-0.05, 0) is 51.0 Å². The van der Waals surface area contributed by atoms with Crippen molar-refractivity contribution in [1.82, 2.24) is 10.2 Å². The van der Waals surface area contributed by atoms with Crippen LogP contribution >= 0.6 is 0 Å². The Hall–Kier alpha value is -1.46. The fourth-order valence-corrected chi connectivity index (χ4v) is 2.67. The van der Waals surface area contributed by atoms with Crippen LogP contribution in [-0.2, 0) is 4.79 Å². The van der Waals surface area contributed by atoms with Gasteiger partial charge in [0.25, 0.3) is 0 Å². The molecule has 1 aromatic rings. The summed E-state index contributed by atoms with van der Waals surface area (Å²) in [7, 11) is 0. The molecular weight excluding hydrogens is 269 g/mol. The van der Waals surface area contributed by atoms with Gasteiger partial charge < -0.3 is 15.5 Å². The minimum atomic E-state index is -0.404. The van der Waals surface area contributed by atoms with E-state index in [4.69, 9.17) is 0 Å². The Kier molecular flexibility index (Phi) is 6.14. The van der Waals surface area contributed by atoms with Gasteiger partial charge in [-0.25, -0.2) is 4.39 Å². The molecule has 0 aromatic heterocycles. The third-order valence-electron chi connectivity index (χ3n) is 3.83. The second-order valence-corrected chi connectivity index (χ2v) is 5.52. The Bertz CT molecular complexity index is 459. The Balaban J connectivity index is 1.69. The maximum atomic E-state index is 13.4. The molecule has 0 bridgehead atoms. The number of para-hydroxylation sites is 1. The molecule has 2 N–H and O–H groups in total. The van der Waals surface area contributed by atoms with E-state index in [0.29, 0.717) is 6.04 Å². The predicted molar refractivity (Wildman–Crippen MR) is 82.8 cm³/mol. The van der Waals surface area contributed by atoms with Gasteiger partial charge in [-0.2, -0.15) is 0 Å². The van der Waals surface area contributed by atoms with Crippen molar-refractivity contribution in [1.29, 1.82) is 0 Å². The van der Waals surface area contributed by atoms with Crippen molar-refractivity contribution in [2.24, 2.45) is 0 Å². The lowest BCUT2D eigenvalue weighted by Crippen LogP contribution is -2.44. The summed E-state index contributed by atoms with van der Waals surface area (Å²) in [6.07, 6.45) is 3.31. The van der Waals surface area contributed by atoms with Crippen LogP contribution in [0.1, 0.15) is 26.2 Å². The van der Waals surface area contributed by atoms with E-state index < -0.39 is 5.82 Å². The Morgan fingerprint density at radius 2 is 2.05 bits per heavy atom. The monoisotopic (exact) mass is 293 g/mol. The summed E-state index contributed by atoms with van der Waals surface area (Å²) < 4.78 is 13.4. The largest absolute Gasteiger partial charge is 0.322 e. The average Bonchev–Trinajstić information content (AvgIpc) is 2.49. The maximum Gasteiger partial charge on any atom is 0.238 e. The summed E-state index contributed by atoms with van der Waals surface area (Å²) in [4.78, 5) is 14.3. The maximum absolute atomic E-state index is 13.4. The minimum absolute atomic E-state index is 0.198. The fourth-order valence-electron chi connectivity index (χ4n) is 2.67. The summed E-state index contributed by atoms with van der Waals surface area (Å²) >= 11 is 0. The summed E-state index contributed by atoms with van der Waals surface area (Å²) in [5.74, 6) is -0.602. The fraction of sp³-hybridized carbons (Fsp3) is 0.562. The number of likely N-dealkylation sites (tertiary alicyclic amines) is 1. The number of amides is 1. The molecule has 0 spiro atoms. The van der Waals surface area contributed by atoms with Gasteiger partial charge in [-0.1, -0.05) is 19.1 Å². The van der Waals surface area contributed by atoms with Crippen LogP contribution in [0.15, 0.2) is 24.3 Å². The lowest BCUT2D eigenvalue weighted by atomic mass is 10.0. The molecule has 4 nitrogen and oxygen atoms in total. The zero-order chi connectivity index (χ0) is 15.1. The number of carbonyl (C=O) groups is 1. The highest BCUT2D eigenvalue weighted by Gasteiger charge is 2.18. The molecular formula is C16H24FN3O. The van der Waals surface area contributed by atoms with Gasteiger partial charge in [0.2, 0.25) is 5.91 Å². The molecule has 1 amide bonds. The zero-order valence-corrected chi connectivity index (χ0v) is 12.6. The third-order valence-corrected chi connectivity index (χ3v) is 3.83. The first-order valence-corrected chi connectivity index (χ1v) is 7.69. The number of nitrogens with zero attached hydrogens (tertiary/aromatic N) is 1. The highest BCUT2D eigenvalue weighted by atomic mass is 19.1. The zero-order valence-electron chi connectivity index (χ0n) is 12.6. The van der Waals surface area contributed by atoms with Crippen molar-refractivity contribution < 1.29 is 9.18 Å². The number of hydrogen-bond acceptors (Lipinski definition) is 3. The van der Waals surface area contributed by atoms with Crippen LogP contribution in [0.5, 0.6) is 0 Å². The molecule has 0 saturated carbocycles. The molecule has 1 aliphatic rings. The van der Waals surface area contributed by atoms with Gasteiger partial charge in [-0.3, -0.25) is 4.79 Å². The van der Waals surface area contributed by atoms with E-state index in [9.17, 15) is 9.18 Å². The van der Waals surface area contributed by atoms with E-state index in [1.165, 1.54) is 12.5 Å². The average molecular weight is 293 g/mol. The van der Waals surface area contributed by atoms with E-state index in [2.05, 4.69) is 22.5 Å². The molecule has 1 aliphatic heterocycles. The number of hydrogen-bond donors (Lipinski definition) is 2. The molecule has 0 unspecified atom stereocenters. The number of nitrogens with one attached hydrogen (secondary N) is 2. The van der Waals surface area contributed by atoms with Gasteiger partial charge in [0.1, 0.15) is 5.82 Å². The number of halogens is 1. The van der Waals surface area contributed by atoms with Gasteiger partial charge in [-0.15, -0.1) is 0 Å². The Labute approximate surface area is 125 Å². The smallest absolute Gasteiger partial charge is 0.238 e. The quantitative estimate of drug-likeness (QED) is 0.845. The Morgan fingerprint density at radius 1 is 1.33 bits per heavy atom. The van der Waals surface area contributed by atoms with Gasteiger partial charge in [0.15, 0.2) is 0 Å². The topological polar surface area (TPSA) is 44.4 Å². The second kappa shape index (κ2) is 8.10. The normalized spacial score (nSPS) is 16.9. The van der Waals surface area contributed by atoms with Crippen LogP contribution in [-0.4, -0.2) is 43.0 Å². The van der Waals surface area contributed by atoms with Crippen LogP contribution < -0.4 is 10.6 Å². The van der Waals surface area contributed by atoms with Crippen LogP contribution in [0.2, 0.25) is 0 Å². The van der Waals surface area contributed by atoms with Crippen molar-refractivity contribution in [2.75, 3.05) is 31.5 Å². The third kappa shape index (κ3) is 5.10. The van der Waals surface area contributed by atoms with Crippen molar-refractivity contribution in [3.05, 3.63) is 30.1 Å². The molecule has 2 rings (SSSR count). The first-order valence-electron chi connectivity index (χ1n) is 7.69. The van der Waals surface area contributed by atoms with Crippen LogP contribution in [0.4, 0.5) is 10.1 Å². The molecule has 21 heavy (non-hydrogen) atoms. The van der Waals surface area contributed by atoms with E-state index in [1.54, 1.807) is 18.2 Å². The van der Waals surface area contributed by atoms with E-state index >= 15 is 0 Å². The molecule has 0 radical (unpaired) electrons. The Morgan fingerprint density at radius 3 is 2.71 bits per heavy atom. The molecule has 0 atom stereocenters.